The Morgan fingerprint density at radius 2 is 1.76 bits per heavy atom. The maximum absolute atomic E-state index is 13.8. The van der Waals surface area contributed by atoms with E-state index < -0.39 is 17.6 Å². The van der Waals surface area contributed by atoms with Crippen LogP contribution in [0.1, 0.15) is 78.6 Å². The van der Waals surface area contributed by atoms with Crippen LogP contribution in [0, 0.1) is 29.6 Å². The van der Waals surface area contributed by atoms with Crippen molar-refractivity contribution in [3.05, 3.63) is 23.8 Å². The van der Waals surface area contributed by atoms with Crippen LogP contribution in [0.15, 0.2) is 23.8 Å². The lowest BCUT2D eigenvalue weighted by Crippen LogP contribution is -2.51. The molecule has 2 heterocycles. The molecule has 4 aliphatic rings. The maximum atomic E-state index is 13.8. The minimum Gasteiger partial charge on any atom is -0.366 e. The zero-order chi connectivity index (χ0) is 24.5. The van der Waals surface area contributed by atoms with Crippen LogP contribution in [-0.4, -0.2) is 57.9 Å². The molecule has 6 atom stereocenters. The Kier molecular flexibility index (Phi) is 7.66. The predicted octanol–water partition coefficient (Wildman–Crippen LogP) is 4.09. The number of rotatable bonds is 9. The molecule has 6 heteroatoms. The molecule has 1 saturated heterocycles. The van der Waals surface area contributed by atoms with Gasteiger partial charge < -0.3 is 14.9 Å². The van der Waals surface area contributed by atoms with Crippen LogP contribution in [0.4, 0.5) is 0 Å². The van der Waals surface area contributed by atoms with E-state index in [0.29, 0.717) is 32.0 Å². The third-order valence-corrected chi connectivity index (χ3v) is 8.72. The van der Waals surface area contributed by atoms with E-state index in [1.807, 2.05) is 4.90 Å². The molecular formula is C28H42N2O4. The van der Waals surface area contributed by atoms with E-state index in [1.54, 1.807) is 0 Å². The molecule has 2 fully saturated rings. The molecule has 188 valence electrons. The number of fused-ring (bicyclic) bond motifs is 2. The maximum Gasteiger partial charge on any atom is 0.259 e. The summed E-state index contributed by atoms with van der Waals surface area (Å²) in [5.41, 5.74) is -1.58. The lowest BCUT2D eigenvalue weighted by Gasteiger charge is -2.40. The zero-order valence-corrected chi connectivity index (χ0v) is 21.2. The van der Waals surface area contributed by atoms with Crippen LogP contribution in [-0.2, 0) is 14.4 Å². The number of ketones is 1. The molecular weight excluding hydrogens is 428 g/mol. The van der Waals surface area contributed by atoms with Crippen molar-refractivity contribution >= 4 is 17.6 Å². The number of carbonyl (C=O) groups is 3. The van der Waals surface area contributed by atoms with E-state index in [1.165, 1.54) is 17.4 Å². The number of amides is 2. The van der Waals surface area contributed by atoms with E-state index in [4.69, 9.17) is 0 Å². The van der Waals surface area contributed by atoms with Crippen LogP contribution >= 0.6 is 0 Å². The normalized spacial score (nSPS) is 34.6. The summed E-state index contributed by atoms with van der Waals surface area (Å²) in [5, 5.41) is 11.7. The standard InChI is InChI=1S/C28H42N2O4/c1-4-6-15-29(16-7-5-2)27(33)23-14-17-30-26(32)22(18-28(23,30)34)25(31)24-19(3)12-13-20-10-8-9-11-21(20)24/h12-13,18-21,23-24,34H,4-11,14-17H2,1-3H3/t19-,20+,21-,23-,24-,28-/m0/s1. The van der Waals surface area contributed by atoms with Gasteiger partial charge in [-0.3, -0.25) is 14.4 Å². The topological polar surface area (TPSA) is 77.9 Å². The van der Waals surface area contributed by atoms with E-state index >= 15 is 0 Å². The first-order chi connectivity index (χ1) is 16.3. The summed E-state index contributed by atoms with van der Waals surface area (Å²) >= 11 is 0. The number of hydrogen-bond acceptors (Lipinski definition) is 4. The average molecular weight is 471 g/mol. The summed E-state index contributed by atoms with van der Waals surface area (Å²) in [7, 11) is 0. The first kappa shape index (κ1) is 25.2. The fourth-order valence-electron chi connectivity index (χ4n) is 6.75. The summed E-state index contributed by atoms with van der Waals surface area (Å²) in [6.45, 7) is 7.90. The molecule has 6 nitrogen and oxygen atoms in total. The molecule has 0 radical (unpaired) electrons. The Morgan fingerprint density at radius 3 is 2.44 bits per heavy atom. The molecule has 0 aromatic rings. The summed E-state index contributed by atoms with van der Waals surface area (Å²) in [4.78, 5) is 43.9. The highest BCUT2D eigenvalue weighted by molar-refractivity contribution is 6.22. The lowest BCUT2D eigenvalue weighted by molar-refractivity contribution is -0.152. The second kappa shape index (κ2) is 10.3. The van der Waals surface area contributed by atoms with Crippen molar-refractivity contribution in [2.24, 2.45) is 29.6 Å². The van der Waals surface area contributed by atoms with Crippen LogP contribution in [0.2, 0.25) is 0 Å². The smallest absolute Gasteiger partial charge is 0.259 e. The van der Waals surface area contributed by atoms with Crippen molar-refractivity contribution in [3.63, 3.8) is 0 Å². The quantitative estimate of drug-likeness (QED) is 0.407. The molecule has 0 aromatic carbocycles. The molecule has 1 N–H and O–H groups in total. The number of Topliss-reactive ketones (excluding diaryl/α,β-unsaturated/α-hetero) is 1. The summed E-state index contributed by atoms with van der Waals surface area (Å²) < 4.78 is 0. The third kappa shape index (κ3) is 4.38. The van der Waals surface area contributed by atoms with Crippen molar-refractivity contribution in [1.82, 2.24) is 9.80 Å². The van der Waals surface area contributed by atoms with Gasteiger partial charge in [0.2, 0.25) is 5.91 Å². The molecule has 2 amide bonds. The van der Waals surface area contributed by atoms with E-state index in [2.05, 4.69) is 32.9 Å². The second-order valence-corrected chi connectivity index (χ2v) is 10.9. The number of hydrogen-bond donors (Lipinski definition) is 1. The van der Waals surface area contributed by atoms with Gasteiger partial charge >= 0.3 is 0 Å². The largest absolute Gasteiger partial charge is 0.366 e. The van der Waals surface area contributed by atoms with Crippen molar-refractivity contribution < 1.29 is 19.5 Å². The molecule has 34 heavy (non-hydrogen) atoms. The number of allylic oxidation sites excluding steroid dienone is 2. The minimum atomic E-state index is -1.68. The molecule has 0 aromatic heterocycles. The Balaban J connectivity index is 1.58. The van der Waals surface area contributed by atoms with Gasteiger partial charge in [0.15, 0.2) is 11.5 Å². The fraction of sp³-hybridized carbons (Fsp3) is 0.750. The average Bonchev–Trinajstić information content (AvgIpc) is 3.30. The molecule has 2 aliphatic carbocycles. The van der Waals surface area contributed by atoms with E-state index in [0.717, 1.165) is 44.9 Å². The molecule has 0 spiro atoms. The highest BCUT2D eigenvalue weighted by atomic mass is 16.3. The first-order valence-corrected chi connectivity index (χ1v) is 13.6. The third-order valence-electron chi connectivity index (χ3n) is 8.72. The van der Waals surface area contributed by atoms with Crippen LogP contribution in [0.5, 0.6) is 0 Å². The van der Waals surface area contributed by atoms with Gasteiger partial charge in [-0.2, -0.15) is 0 Å². The van der Waals surface area contributed by atoms with Crippen molar-refractivity contribution in [2.75, 3.05) is 19.6 Å². The van der Waals surface area contributed by atoms with Gasteiger partial charge in [0.25, 0.3) is 5.91 Å². The summed E-state index contributed by atoms with van der Waals surface area (Å²) in [6, 6.07) is 0. The molecule has 0 bridgehead atoms. The van der Waals surface area contributed by atoms with Gasteiger partial charge in [-0.25, -0.2) is 0 Å². The molecule has 1 saturated carbocycles. The Morgan fingerprint density at radius 1 is 1.09 bits per heavy atom. The van der Waals surface area contributed by atoms with Crippen molar-refractivity contribution in [2.45, 2.75) is 84.3 Å². The minimum absolute atomic E-state index is 0.0710. The predicted molar refractivity (Wildman–Crippen MR) is 131 cm³/mol. The Bertz CT molecular complexity index is 856. The molecule has 2 aliphatic heterocycles. The highest BCUT2D eigenvalue weighted by Gasteiger charge is 2.58. The zero-order valence-electron chi connectivity index (χ0n) is 21.2. The molecule has 0 unspecified atom stereocenters. The monoisotopic (exact) mass is 470 g/mol. The fourth-order valence-corrected chi connectivity index (χ4v) is 6.75. The van der Waals surface area contributed by atoms with Crippen LogP contribution in [0.3, 0.4) is 0 Å². The Hall–Kier alpha value is -1.95. The van der Waals surface area contributed by atoms with Gasteiger partial charge in [-0.1, -0.05) is 58.6 Å². The lowest BCUT2D eigenvalue weighted by atomic mass is 9.63. The SMILES string of the molecule is CCCCN(CCCC)C(=O)[C@@H]1CCN2C(=O)C(C(=O)[C@@H]3[C@H]4CCCC[C@@H]4C=C[C@@H]3C)=C[C@]12O. The number of unbranched alkanes of at least 4 members (excludes halogenated alkanes) is 2. The highest BCUT2D eigenvalue weighted by Crippen LogP contribution is 2.47. The van der Waals surface area contributed by atoms with E-state index in [9.17, 15) is 19.5 Å². The number of carbonyl (C=O) groups excluding carboxylic acids is 3. The summed E-state index contributed by atoms with van der Waals surface area (Å²) in [5.74, 6) is -0.829. The van der Waals surface area contributed by atoms with Gasteiger partial charge in [0.05, 0.1) is 11.5 Å². The number of nitrogens with zero attached hydrogens (tertiary/aromatic N) is 2. The van der Waals surface area contributed by atoms with Gasteiger partial charge in [0, 0.05) is 25.6 Å². The molecule has 4 rings (SSSR count). The second-order valence-electron chi connectivity index (χ2n) is 10.9. The first-order valence-electron chi connectivity index (χ1n) is 13.6. The van der Waals surface area contributed by atoms with Crippen LogP contribution < -0.4 is 0 Å². The van der Waals surface area contributed by atoms with Gasteiger partial charge in [-0.15, -0.1) is 0 Å². The van der Waals surface area contributed by atoms with E-state index in [-0.39, 0.29) is 35.0 Å². The van der Waals surface area contributed by atoms with Crippen LogP contribution in [0.25, 0.3) is 0 Å². The van der Waals surface area contributed by atoms with Crippen molar-refractivity contribution in [1.29, 1.82) is 0 Å². The van der Waals surface area contributed by atoms with Crippen molar-refractivity contribution in [3.8, 4) is 0 Å². The van der Waals surface area contributed by atoms with Gasteiger partial charge in [-0.05, 0) is 55.9 Å². The summed E-state index contributed by atoms with van der Waals surface area (Å²) in [6.07, 6.45) is 14.5. The van der Waals surface area contributed by atoms with Gasteiger partial charge in [0.1, 0.15) is 0 Å². The Labute approximate surface area is 204 Å². The number of aliphatic hydroxyl groups is 1.